The molecule has 1 aliphatic heterocycles. The molecular weight excluding hydrogens is 625 g/mol. The van der Waals surface area contributed by atoms with Crippen molar-refractivity contribution in [3.8, 4) is 0 Å². The fraction of sp³-hybridized carbons (Fsp3) is 0.586. The Labute approximate surface area is 271 Å². The summed E-state index contributed by atoms with van der Waals surface area (Å²) in [7, 11) is -3.64. The van der Waals surface area contributed by atoms with Gasteiger partial charge in [0.2, 0.25) is 21.9 Å². The molecule has 0 spiro atoms. The zero-order valence-electron chi connectivity index (χ0n) is 24.7. The topological polar surface area (TPSA) is 174 Å². The lowest BCUT2D eigenvalue weighted by molar-refractivity contribution is -0.117. The number of fused-ring (bicyclic) bond motifs is 1. The number of nitrogens with zero attached hydrogens (tertiary/aromatic N) is 5. The maximum atomic E-state index is 13.3. The van der Waals surface area contributed by atoms with Crippen LogP contribution >= 0.6 is 24.8 Å². The number of sulfonamides is 1. The zero-order valence-corrected chi connectivity index (χ0v) is 27.2. The number of carbonyl (C=O) groups is 1. The lowest BCUT2D eigenvalue weighted by Gasteiger charge is -2.32. The average Bonchev–Trinajstić information content (AvgIpc) is 3.65. The second-order valence-electron chi connectivity index (χ2n) is 12.0. The van der Waals surface area contributed by atoms with Crippen molar-refractivity contribution in [3.63, 3.8) is 0 Å². The molecule has 2 aliphatic carbocycles. The Bertz CT molecular complexity index is 1510. The van der Waals surface area contributed by atoms with E-state index in [1.807, 2.05) is 6.33 Å². The Morgan fingerprint density at radius 1 is 0.886 bits per heavy atom. The number of anilines is 2. The number of aromatic nitrogens is 4. The summed E-state index contributed by atoms with van der Waals surface area (Å²) in [5.74, 6) is 0.844. The van der Waals surface area contributed by atoms with Gasteiger partial charge < -0.3 is 26.7 Å². The van der Waals surface area contributed by atoms with Crippen molar-refractivity contribution in [1.29, 1.82) is 0 Å². The Balaban J connectivity index is 0.00000221. The van der Waals surface area contributed by atoms with Gasteiger partial charge in [0, 0.05) is 37.3 Å². The molecule has 0 bridgehead atoms. The number of rotatable bonds is 9. The SMILES string of the molecule is Cl.Cl.NC(=O)Cc1ccc(S(=O)(=O)N2CCC(Nc3nc(NC4CCC(N)CC4)nc4c3ncn4C3CCCC3)CC2)cc1. The molecule has 1 amide bonds. The van der Waals surface area contributed by atoms with E-state index in [-0.39, 0.29) is 54.3 Å². The van der Waals surface area contributed by atoms with E-state index in [2.05, 4.69) is 15.2 Å². The number of nitrogens with two attached hydrogens (primary N) is 2. The van der Waals surface area contributed by atoms with Crippen molar-refractivity contribution in [3.05, 3.63) is 36.2 Å². The van der Waals surface area contributed by atoms with Crippen molar-refractivity contribution < 1.29 is 13.2 Å². The van der Waals surface area contributed by atoms with Gasteiger partial charge >= 0.3 is 0 Å². The van der Waals surface area contributed by atoms with E-state index in [1.54, 1.807) is 24.3 Å². The maximum Gasteiger partial charge on any atom is 0.243 e. The summed E-state index contributed by atoms with van der Waals surface area (Å²) < 4.78 is 30.4. The van der Waals surface area contributed by atoms with Crippen LogP contribution < -0.4 is 22.1 Å². The molecule has 6 N–H and O–H groups in total. The lowest BCUT2D eigenvalue weighted by Crippen LogP contribution is -2.42. The standard InChI is InChI=1S/C29H41N9O3S.2ClH/c30-20-7-9-21(10-8-20)34-29-35-27(26-28(36-29)38(18-32-26)23-3-1-2-4-23)33-22-13-15-37(16-14-22)42(40,41)24-11-5-19(6-12-24)17-25(31)39;;/h5-6,11-12,18,20-23H,1-4,7-10,13-17,30H2,(H2,31,39)(H2,33,34,35,36);2*1H. The summed E-state index contributed by atoms with van der Waals surface area (Å²) in [5.41, 5.74) is 13.7. The molecule has 0 radical (unpaired) electrons. The molecule has 2 saturated carbocycles. The molecule has 6 rings (SSSR count). The molecule has 15 heteroatoms. The van der Waals surface area contributed by atoms with Crippen LogP contribution in [0.25, 0.3) is 11.2 Å². The number of amides is 1. The third kappa shape index (κ3) is 7.56. The van der Waals surface area contributed by atoms with Crippen molar-refractivity contribution >= 4 is 63.7 Å². The minimum atomic E-state index is -3.64. The average molecular weight is 669 g/mol. The highest BCUT2D eigenvalue weighted by Crippen LogP contribution is 2.34. The van der Waals surface area contributed by atoms with Crippen molar-refractivity contribution in [2.24, 2.45) is 11.5 Å². The third-order valence-corrected chi connectivity index (χ3v) is 10.9. The first-order valence-electron chi connectivity index (χ1n) is 15.2. The molecule has 242 valence electrons. The van der Waals surface area contributed by atoms with Crippen LogP contribution in [0.3, 0.4) is 0 Å². The summed E-state index contributed by atoms with van der Waals surface area (Å²) in [6.45, 7) is 0.780. The molecule has 3 aromatic rings. The van der Waals surface area contributed by atoms with Gasteiger partial charge in [-0.25, -0.2) is 13.4 Å². The third-order valence-electron chi connectivity index (χ3n) is 8.98. The molecule has 44 heavy (non-hydrogen) atoms. The lowest BCUT2D eigenvalue weighted by atomic mass is 9.92. The molecule has 1 aromatic carbocycles. The van der Waals surface area contributed by atoms with Crippen LogP contribution in [-0.2, 0) is 21.2 Å². The smallest absolute Gasteiger partial charge is 0.243 e. The van der Waals surface area contributed by atoms with Gasteiger partial charge in [-0.05, 0) is 69.1 Å². The highest BCUT2D eigenvalue weighted by Gasteiger charge is 2.31. The Hall–Kier alpha value is -2.71. The largest absolute Gasteiger partial charge is 0.369 e. The van der Waals surface area contributed by atoms with Gasteiger partial charge in [0.05, 0.1) is 17.6 Å². The number of carbonyl (C=O) groups excluding carboxylic acids is 1. The summed E-state index contributed by atoms with van der Waals surface area (Å²) in [6.07, 6.45) is 11.9. The number of primary amides is 1. The normalized spacial score (nSPS) is 21.8. The second-order valence-corrected chi connectivity index (χ2v) is 14.0. The fourth-order valence-electron chi connectivity index (χ4n) is 6.54. The first kappa shape index (κ1) is 34.2. The number of halogens is 2. The van der Waals surface area contributed by atoms with Gasteiger partial charge in [0.15, 0.2) is 17.0 Å². The molecule has 12 nitrogen and oxygen atoms in total. The first-order chi connectivity index (χ1) is 20.3. The quantitative estimate of drug-likeness (QED) is 0.265. The number of hydrogen-bond donors (Lipinski definition) is 4. The molecular formula is C29H43Cl2N9O3S. The Morgan fingerprint density at radius 3 is 2.16 bits per heavy atom. The van der Waals surface area contributed by atoms with E-state index < -0.39 is 15.9 Å². The first-order valence-corrected chi connectivity index (χ1v) is 16.6. The highest BCUT2D eigenvalue weighted by molar-refractivity contribution is 7.89. The number of nitrogens with one attached hydrogen (secondary N) is 2. The van der Waals surface area contributed by atoms with Crippen LogP contribution in [0, 0.1) is 0 Å². The number of imidazole rings is 1. The number of benzene rings is 1. The molecule has 3 fully saturated rings. The van der Waals surface area contributed by atoms with Crippen molar-refractivity contribution in [2.75, 3.05) is 23.7 Å². The van der Waals surface area contributed by atoms with Crippen LogP contribution in [0.4, 0.5) is 11.8 Å². The summed E-state index contributed by atoms with van der Waals surface area (Å²) >= 11 is 0. The van der Waals surface area contributed by atoms with Gasteiger partial charge in [-0.1, -0.05) is 25.0 Å². The minimum absolute atomic E-state index is 0. The van der Waals surface area contributed by atoms with Gasteiger partial charge in [-0.2, -0.15) is 14.3 Å². The summed E-state index contributed by atoms with van der Waals surface area (Å²) in [5, 5.41) is 7.16. The molecule has 0 atom stereocenters. The highest BCUT2D eigenvalue weighted by atomic mass is 35.5. The van der Waals surface area contributed by atoms with Crippen molar-refractivity contribution in [1.82, 2.24) is 23.8 Å². The van der Waals surface area contributed by atoms with Crippen LogP contribution in [0.1, 0.15) is 75.8 Å². The predicted octanol–water partition coefficient (Wildman–Crippen LogP) is 3.76. The van der Waals surface area contributed by atoms with Crippen molar-refractivity contribution in [2.45, 2.75) is 99.7 Å². The Morgan fingerprint density at radius 2 is 1.52 bits per heavy atom. The van der Waals surface area contributed by atoms with E-state index in [4.69, 9.17) is 26.4 Å². The minimum Gasteiger partial charge on any atom is -0.369 e. The molecule has 0 unspecified atom stereocenters. The van der Waals surface area contributed by atoms with E-state index in [9.17, 15) is 13.2 Å². The summed E-state index contributed by atoms with van der Waals surface area (Å²) in [4.78, 5) is 26.0. The van der Waals surface area contributed by atoms with E-state index in [1.165, 1.54) is 17.1 Å². The monoisotopic (exact) mass is 667 g/mol. The molecule has 3 aliphatic rings. The zero-order chi connectivity index (χ0) is 29.3. The van der Waals surface area contributed by atoms with Gasteiger partial charge in [0.1, 0.15) is 0 Å². The molecule has 2 aromatic heterocycles. The number of hydrogen-bond acceptors (Lipinski definition) is 9. The van der Waals surface area contributed by atoms with Crippen LogP contribution in [0.5, 0.6) is 0 Å². The van der Waals surface area contributed by atoms with Gasteiger partial charge in [0.25, 0.3) is 0 Å². The van der Waals surface area contributed by atoms with E-state index in [0.29, 0.717) is 49.3 Å². The van der Waals surface area contributed by atoms with E-state index in [0.717, 1.165) is 49.7 Å². The van der Waals surface area contributed by atoms with Crippen LogP contribution in [0.15, 0.2) is 35.5 Å². The second kappa shape index (κ2) is 14.6. The van der Waals surface area contributed by atoms with Crippen LogP contribution in [0.2, 0.25) is 0 Å². The molecule has 3 heterocycles. The van der Waals surface area contributed by atoms with E-state index >= 15 is 0 Å². The van der Waals surface area contributed by atoms with Gasteiger partial charge in [-0.3, -0.25) is 4.79 Å². The number of piperidine rings is 1. The maximum absolute atomic E-state index is 13.3. The van der Waals surface area contributed by atoms with Gasteiger partial charge in [-0.15, -0.1) is 24.8 Å². The molecule has 1 saturated heterocycles. The Kier molecular flexibility index (Phi) is 11.3. The summed E-state index contributed by atoms with van der Waals surface area (Å²) in [6, 6.07) is 7.38. The van der Waals surface area contributed by atoms with Crippen LogP contribution in [-0.4, -0.2) is 69.4 Å². The predicted molar refractivity (Wildman–Crippen MR) is 176 cm³/mol. The fourth-order valence-corrected chi connectivity index (χ4v) is 8.01.